The van der Waals surface area contributed by atoms with E-state index in [4.69, 9.17) is 10.2 Å². The molecule has 0 aromatic carbocycles. The van der Waals surface area contributed by atoms with Crippen molar-refractivity contribution in [1.29, 1.82) is 0 Å². The quantitative estimate of drug-likeness (QED) is 0.463. The molecule has 5 nitrogen and oxygen atoms in total. The fraction of sp³-hybridized carbons (Fsp3) is 0.833. The molecule has 0 aliphatic rings. The van der Waals surface area contributed by atoms with E-state index in [9.17, 15) is 4.79 Å². The summed E-state index contributed by atoms with van der Waals surface area (Å²) in [4.78, 5) is 10.0. The Balaban J connectivity index is 3.08. The second-order valence-electron chi connectivity index (χ2n) is 2.15. The Labute approximate surface area is 64.8 Å². The molecule has 1 atom stereocenters. The van der Waals surface area contributed by atoms with Crippen molar-refractivity contribution in [1.82, 2.24) is 0 Å². The lowest BCUT2D eigenvalue weighted by molar-refractivity contribution is 0.0789. The summed E-state index contributed by atoms with van der Waals surface area (Å²) in [7, 11) is 0. The Hall–Kier alpha value is -0.810. The molecule has 66 valence electrons. The molecule has 0 radical (unpaired) electrons. The molecular weight excluding hydrogens is 150 g/mol. The van der Waals surface area contributed by atoms with Gasteiger partial charge in [-0.1, -0.05) is 0 Å². The van der Waals surface area contributed by atoms with Crippen LogP contribution in [0.2, 0.25) is 0 Å². The molecule has 0 saturated carbocycles. The van der Waals surface area contributed by atoms with Crippen LogP contribution in [0, 0.1) is 0 Å². The van der Waals surface area contributed by atoms with E-state index in [0.717, 1.165) is 0 Å². The van der Waals surface area contributed by atoms with Gasteiger partial charge in [0.1, 0.15) is 0 Å². The van der Waals surface area contributed by atoms with E-state index in [0.29, 0.717) is 12.8 Å². The van der Waals surface area contributed by atoms with E-state index < -0.39 is 12.2 Å². The van der Waals surface area contributed by atoms with Crippen LogP contribution in [0.4, 0.5) is 4.79 Å². The first-order valence-corrected chi connectivity index (χ1v) is 3.38. The summed E-state index contributed by atoms with van der Waals surface area (Å²) < 4.78 is 4.38. The smallest absolute Gasteiger partial charge is 0.404 e. The van der Waals surface area contributed by atoms with E-state index in [2.05, 4.69) is 10.5 Å². The molecule has 0 saturated heterocycles. The molecule has 0 bridgehead atoms. The summed E-state index contributed by atoms with van der Waals surface area (Å²) >= 11 is 0. The summed E-state index contributed by atoms with van der Waals surface area (Å²) in [5, 5.41) is 17.2. The average molecular weight is 163 g/mol. The van der Waals surface area contributed by atoms with Crippen molar-refractivity contribution >= 4 is 6.09 Å². The van der Waals surface area contributed by atoms with Crippen molar-refractivity contribution in [3.63, 3.8) is 0 Å². The molecule has 5 heteroatoms. The molecule has 1 unspecified atom stereocenters. The number of carbonyl (C=O) groups is 1. The number of aliphatic hydroxyl groups excluding tert-OH is 2. The highest BCUT2D eigenvalue weighted by Crippen LogP contribution is 1.95. The lowest BCUT2D eigenvalue weighted by atomic mass is 10.2. The zero-order valence-corrected chi connectivity index (χ0v) is 6.19. The number of hydrogen-bond acceptors (Lipinski definition) is 4. The van der Waals surface area contributed by atoms with Crippen molar-refractivity contribution in [2.45, 2.75) is 18.9 Å². The molecule has 1 amide bonds. The van der Waals surface area contributed by atoms with Crippen molar-refractivity contribution < 1.29 is 19.7 Å². The monoisotopic (exact) mass is 163 g/mol. The highest BCUT2D eigenvalue weighted by Gasteiger charge is 2.01. The van der Waals surface area contributed by atoms with Gasteiger partial charge in [-0.15, -0.1) is 0 Å². The maximum absolute atomic E-state index is 10.0. The molecule has 0 spiro atoms. The average Bonchev–Trinajstić information content (AvgIpc) is 1.97. The number of rotatable bonds is 5. The number of aliphatic hydroxyl groups is 2. The molecular formula is C6H13NO4. The minimum absolute atomic E-state index is 0.187. The lowest BCUT2D eigenvalue weighted by Gasteiger charge is -2.05. The molecule has 0 aliphatic carbocycles. The largest absolute Gasteiger partial charge is 0.450 e. The van der Waals surface area contributed by atoms with E-state index in [1.54, 1.807) is 0 Å². The first kappa shape index (κ1) is 10.2. The lowest BCUT2D eigenvalue weighted by Crippen LogP contribution is -2.16. The van der Waals surface area contributed by atoms with Gasteiger partial charge in [0.05, 0.1) is 19.3 Å². The van der Waals surface area contributed by atoms with Crippen molar-refractivity contribution in [3.8, 4) is 0 Å². The Morgan fingerprint density at radius 2 is 2.27 bits per heavy atom. The third kappa shape index (κ3) is 7.08. The number of ether oxygens (including phenoxy) is 1. The fourth-order valence-corrected chi connectivity index (χ4v) is 0.583. The van der Waals surface area contributed by atoms with Gasteiger partial charge < -0.3 is 20.7 Å². The number of nitrogens with two attached hydrogens (primary N) is 1. The predicted octanol–water partition coefficient (Wildman–Crippen LogP) is -0.785. The first-order chi connectivity index (χ1) is 5.16. The van der Waals surface area contributed by atoms with Crippen LogP contribution in [0.1, 0.15) is 12.8 Å². The van der Waals surface area contributed by atoms with Gasteiger partial charge in [-0.3, -0.25) is 0 Å². The number of carbonyl (C=O) groups excluding carboxylic acids is 1. The molecule has 0 aromatic rings. The van der Waals surface area contributed by atoms with Crippen molar-refractivity contribution in [2.24, 2.45) is 5.73 Å². The van der Waals surface area contributed by atoms with Gasteiger partial charge >= 0.3 is 6.09 Å². The summed E-state index contributed by atoms with van der Waals surface area (Å²) in [6.07, 6.45) is -0.635. The van der Waals surface area contributed by atoms with Crippen LogP contribution >= 0.6 is 0 Å². The third-order valence-corrected chi connectivity index (χ3v) is 1.14. The number of amides is 1. The summed E-state index contributed by atoms with van der Waals surface area (Å²) in [5.74, 6) is 0. The Bertz CT molecular complexity index is 117. The summed E-state index contributed by atoms with van der Waals surface area (Å²) in [5.41, 5.74) is 4.67. The molecule has 0 aliphatic heterocycles. The molecule has 4 N–H and O–H groups in total. The van der Waals surface area contributed by atoms with Crippen LogP contribution in [0.5, 0.6) is 0 Å². The normalized spacial score (nSPS) is 12.5. The first-order valence-electron chi connectivity index (χ1n) is 3.38. The highest BCUT2D eigenvalue weighted by atomic mass is 16.5. The zero-order valence-electron chi connectivity index (χ0n) is 6.19. The van der Waals surface area contributed by atoms with Gasteiger partial charge in [-0.05, 0) is 12.8 Å². The van der Waals surface area contributed by atoms with Gasteiger partial charge in [0.2, 0.25) is 0 Å². The second kappa shape index (κ2) is 5.94. The van der Waals surface area contributed by atoms with E-state index in [1.165, 1.54) is 0 Å². The van der Waals surface area contributed by atoms with Gasteiger partial charge in [0, 0.05) is 0 Å². The standard InChI is InChI=1S/C6H13NO4/c7-6(10)11-3-1-2-5(9)4-8/h5,8-9H,1-4H2,(H2,7,10). The maximum atomic E-state index is 10.0. The SMILES string of the molecule is NC(=O)OCCCC(O)CO. The van der Waals surface area contributed by atoms with Crippen LogP contribution in [0.3, 0.4) is 0 Å². The summed E-state index contributed by atoms with van der Waals surface area (Å²) in [6, 6.07) is 0. The summed E-state index contributed by atoms with van der Waals surface area (Å²) in [6.45, 7) is -0.0804. The van der Waals surface area contributed by atoms with Gasteiger partial charge in [-0.25, -0.2) is 4.79 Å². The van der Waals surface area contributed by atoms with Crippen LogP contribution in [-0.2, 0) is 4.74 Å². The van der Waals surface area contributed by atoms with Crippen molar-refractivity contribution in [2.75, 3.05) is 13.2 Å². The Morgan fingerprint density at radius 1 is 1.64 bits per heavy atom. The molecule has 0 heterocycles. The Morgan fingerprint density at radius 3 is 2.73 bits per heavy atom. The van der Waals surface area contributed by atoms with Gasteiger partial charge in [0.15, 0.2) is 0 Å². The highest BCUT2D eigenvalue weighted by molar-refractivity contribution is 5.64. The molecule has 0 fully saturated rings. The van der Waals surface area contributed by atoms with E-state index in [1.807, 2.05) is 0 Å². The fourth-order valence-electron chi connectivity index (χ4n) is 0.583. The molecule has 0 rings (SSSR count). The van der Waals surface area contributed by atoms with E-state index >= 15 is 0 Å². The van der Waals surface area contributed by atoms with Crippen LogP contribution in [-0.4, -0.2) is 35.6 Å². The Kier molecular flexibility index (Phi) is 5.50. The van der Waals surface area contributed by atoms with Crippen LogP contribution in [0.15, 0.2) is 0 Å². The minimum Gasteiger partial charge on any atom is -0.450 e. The van der Waals surface area contributed by atoms with Crippen LogP contribution < -0.4 is 5.73 Å². The number of hydrogen-bond donors (Lipinski definition) is 3. The van der Waals surface area contributed by atoms with E-state index in [-0.39, 0.29) is 13.2 Å². The minimum atomic E-state index is -0.816. The topological polar surface area (TPSA) is 92.8 Å². The number of primary amides is 1. The van der Waals surface area contributed by atoms with Gasteiger partial charge in [0.25, 0.3) is 0 Å². The zero-order chi connectivity index (χ0) is 8.69. The predicted molar refractivity (Wildman–Crippen MR) is 37.9 cm³/mol. The third-order valence-electron chi connectivity index (χ3n) is 1.14. The van der Waals surface area contributed by atoms with Crippen molar-refractivity contribution in [3.05, 3.63) is 0 Å². The van der Waals surface area contributed by atoms with Gasteiger partial charge in [-0.2, -0.15) is 0 Å². The molecule has 0 aromatic heterocycles. The molecule has 11 heavy (non-hydrogen) atoms. The second-order valence-corrected chi connectivity index (χ2v) is 2.15. The maximum Gasteiger partial charge on any atom is 0.404 e. The van der Waals surface area contributed by atoms with Crippen LogP contribution in [0.25, 0.3) is 0 Å².